The van der Waals surface area contributed by atoms with E-state index in [1.54, 1.807) is 18.2 Å². The Morgan fingerprint density at radius 1 is 1.14 bits per heavy atom. The molecular formula is C18H30Cl2N4O3S. The van der Waals surface area contributed by atoms with Crippen molar-refractivity contribution in [1.29, 1.82) is 0 Å². The smallest absolute Gasteiger partial charge is 0.243 e. The van der Waals surface area contributed by atoms with Gasteiger partial charge >= 0.3 is 0 Å². The highest BCUT2D eigenvalue weighted by atomic mass is 35.5. The zero-order chi connectivity index (χ0) is 18.6. The number of piperazine rings is 1. The minimum absolute atomic E-state index is 0. The fraction of sp³-hybridized carbons (Fsp3) is 0.611. The number of likely N-dealkylation sites (N-methyl/N-ethyl adjacent to an activating group) is 1. The average Bonchev–Trinajstić information content (AvgIpc) is 2.67. The van der Waals surface area contributed by atoms with Crippen molar-refractivity contribution in [2.75, 3.05) is 39.8 Å². The zero-order valence-corrected chi connectivity index (χ0v) is 18.5. The Bertz CT molecular complexity index is 734. The van der Waals surface area contributed by atoms with Crippen LogP contribution < -0.4 is 10.6 Å². The first-order chi connectivity index (χ1) is 12.5. The summed E-state index contributed by atoms with van der Waals surface area (Å²) in [5.74, 6) is -0.0588. The van der Waals surface area contributed by atoms with Crippen LogP contribution in [0.25, 0.3) is 0 Å². The Labute approximate surface area is 180 Å². The van der Waals surface area contributed by atoms with Crippen LogP contribution in [0, 0.1) is 0 Å². The first-order valence-electron chi connectivity index (χ1n) is 9.26. The summed E-state index contributed by atoms with van der Waals surface area (Å²) in [7, 11) is -1.56. The third-order valence-corrected chi connectivity index (χ3v) is 7.13. The van der Waals surface area contributed by atoms with E-state index in [0.717, 1.165) is 38.9 Å². The van der Waals surface area contributed by atoms with Gasteiger partial charge in [-0.25, -0.2) is 8.42 Å². The van der Waals surface area contributed by atoms with E-state index in [9.17, 15) is 13.2 Å². The second-order valence-electron chi connectivity index (χ2n) is 7.04. The molecule has 0 saturated carbocycles. The lowest BCUT2D eigenvalue weighted by Crippen LogP contribution is -2.47. The van der Waals surface area contributed by atoms with E-state index in [1.807, 2.05) is 13.1 Å². The number of hydrogen-bond donors (Lipinski definition) is 2. The number of nitrogens with zero attached hydrogens (tertiary/aromatic N) is 2. The van der Waals surface area contributed by atoms with Gasteiger partial charge < -0.3 is 15.5 Å². The second kappa shape index (κ2) is 11.3. The number of amides is 1. The van der Waals surface area contributed by atoms with E-state index in [-0.39, 0.29) is 43.3 Å². The quantitative estimate of drug-likeness (QED) is 0.701. The molecule has 1 amide bonds. The Morgan fingerprint density at radius 2 is 1.82 bits per heavy atom. The molecule has 2 aliphatic rings. The first-order valence-corrected chi connectivity index (χ1v) is 10.7. The number of halogens is 2. The number of rotatable bonds is 5. The topological polar surface area (TPSA) is 81.8 Å². The van der Waals surface area contributed by atoms with Crippen molar-refractivity contribution < 1.29 is 13.2 Å². The Hall–Kier alpha value is -0.900. The van der Waals surface area contributed by atoms with Gasteiger partial charge in [0, 0.05) is 32.7 Å². The van der Waals surface area contributed by atoms with Crippen LogP contribution in [0.3, 0.4) is 0 Å². The number of nitrogens with one attached hydrogen (secondary N) is 2. The van der Waals surface area contributed by atoms with Gasteiger partial charge in [-0.1, -0.05) is 24.6 Å². The summed E-state index contributed by atoms with van der Waals surface area (Å²) in [6, 6.07) is 6.77. The minimum Gasteiger partial charge on any atom is -0.351 e. The van der Waals surface area contributed by atoms with E-state index < -0.39 is 10.0 Å². The molecule has 2 heterocycles. The number of carbonyl (C=O) groups excluding carboxylic acids is 1. The molecule has 2 fully saturated rings. The molecule has 0 aromatic heterocycles. The summed E-state index contributed by atoms with van der Waals surface area (Å²) in [6.45, 7) is 3.51. The molecule has 0 spiro atoms. The van der Waals surface area contributed by atoms with Crippen LogP contribution in [0.2, 0.25) is 0 Å². The monoisotopic (exact) mass is 452 g/mol. The average molecular weight is 453 g/mol. The molecular weight excluding hydrogens is 423 g/mol. The van der Waals surface area contributed by atoms with Gasteiger partial charge in [-0.2, -0.15) is 4.31 Å². The molecule has 7 nitrogen and oxygen atoms in total. The molecule has 3 rings (SSSR count). The largest absolute Gasteiger partial charge is 0.351 e. The SMILES string of the molecule is CN1CCN(S(=O)(=O)c2ccccc2CNC(=O)[C@H]2CCCCN2)CC1.Cl.Cl. The van der Waals surface area contributed by atoms with E-state index in [2.05, 4.69) is 15.5 Å². The predicted octanol–water partition coefficient (Wildman–Crippen LogP) is 1.22. The van der Waals surface area contributed by atoms with E-state index in [4.69, 9.17) is 0 Å². The second-order valence-corrected chi connectivity index (χ2v) is 8.94. The van der Waals surface area contributed by atoms with Gasteiger partial charge in [0.1, 0.15) is 0 Å². The van der Waals surface area contributed by atoms with Gasteiger partial charge in [-0.15, -0.1) is 24.8 Å². The standard InChI is InChI=1S/C18H28N4O3S.2ClH/c1-21-10-12-22(13-11-21)26(24,25)17-8-3-2-6-15(17)14-20-18(23)16-7-4-5-9-19-16;;/h2-3,6,8,16,19H,4-5,7,9-14H2,1H3,(H,20,23);2*1H/t16-;;/m1../s1. The fourth-order valence-electron chi connectivity index (χ4n) is 3.45. The maximum atomic E-state index is 13.0. The van der Waals surface area contributed by atoms with Crippen molar-refractivity contribution in [3.8, 4) is 0 Å². The van der Waals surface area contributed by atoms with E-state index in [0.29, 0.717) is 23.5 Å². The third kappa shape index (κ3) is 6.05. The molecule has 0 aliphatic carbocycles. The highest BCUT2D eigenvalue weighted by Gasteiger charge is 2.29. The molecule has 28 heavy (non-hydrogen) atoms. The molecule has 10 heteroatoms. The summed E-state index contributed by atoms with van der Waals surface area (Å²) in [5, 5.41) is 6.11. The Morgan fingerprint density at radius 3 is 2.46 bits per heavy atom. The van der Waals surface area contributed by atoms with Crippen LogP contribution in [-0.4, -0.2) is 69.3 Å². The van der Waals surface area contributed by atoms with Crippen molar-refractivity contribution >= 4 is 40.7 Å². The molecule has 0 unspecified atom stereocenters. The van der Waals surface area contributed by atoms with Gasteiger partial charge in [-0.05, 0) is 38.1 Å². The summed E-state index contributed by atoms with van der Waals surface area (Å²) < 4.78 is 27.6. The van der Waals surface area contributed by atoms with Crippen molar-refractivity contribution in [2.45, 2.75) is 36.7 Å². The summed E-state index contributed by atoms with van der Waals surface area (Å²) in [5.41, 5.74) is 0.635. The molecule has 0 radical (unpaired) electrons. The summed E-state index contributed by atoms with van der Waals surface area (Å²) in [4.78, 5) is 14.7. The summed E-state index contributed by atoms with van der Waals surface area (Å²) >= 11 is 0. The van der Waals surface area contributed by atoms with Crippen LogP contribution in [0.1, 0.15) is 24.8 Å². The molecule has 2 N–H and O–H groups in total. The maximum Gasteiger partial charge on any atom is 0.243 e. The zero-order valence-electron chi connectivity index (χ0n) is 16.1. The van der Waals surface area contributed by atoms with Crippen molar-refractivity contribution in [2.24, 2.45) is 0 Å². The number of sulfonamides is 1. The minimum atomic E-state index is -3.55. The van der Waals surface area contributed by atoms with Crippen LogP contribution in [-0.2, 0) is 21.4 Å². The predicted molar refractivity (Wildman–Crippen MR) is 115 cm³/mol. The number of hydrogen-bond acceptors (Lipinski definition) is 5. The van der Waals surface area contributed by atoms with E-state index >= 15 is 0 Å². The van der Waals surface area contributed by atoms with Crippen molar-refractivity contribution in [1.82, 2.24) is 19.8 Å². The molecule has 1 aromatic carbocycles. The van der Waals surface area contributed by atoms with Crippen molar-refractivity contribution in [3.63, 3.8) is 0 Å². The Balaban J connectivity index is 0.00000196. The molecule has 1 aromatic rings. The van der Waals surface area contributed by atoms with Gasteiger partial charge in [0.05, 0.1) is 10.9 Å². The lowest BCUT2D eigenvalue weighted by molar-refractivity contribution is -0.123. The molecule has 2 aliphatic heterocycles. The van der Waals surface area contributed by atoms with Crippen LogP contribution >= 0.6 is 24.8 Å². The summed E-state index contributed by atoms with van der Waals surface area (Å²) in [6.07, 6.45) is 2.96. The van der Waals surface area contributed by atoms with E-state index in [1.165, 1.54) is 4.31 Å². The van der Waals surface area contributed by atoms with Gasteiger partial charge in [0.15, 0.2) is 0 Å². The van der Waals surface area contributed by atoms with Gasteiger partial charge in [0.25, 0.3) is 0 Å². The van der Waals surface area contributed by atoms with Crippen LogP contribution in [0.4, 0.5) is 0 Å². The molecule has 0 bridgehead atoms. The lowest BCUT2D eigenvalue weighted by atomic mass is 10.0. The molecule has 2 saturated heterocycles. The fourth-order valence-corrected chi connectivity index (χ4v) is 5.09. The molecule has 1 atom stereocenters. The maximum absolute atomic E-state index is 13.0. The lowest BCUT2D eigenvalue weighted by Gasteiger charge is -2.32. The number of benzene rings is 1. The third-order valence-electron chi connectivity index (χ3n) is 5.13. The number of piperidine rings is 1. The normalized spacial score (nSPS) is 21.2. The number of carbonyl (C=O) groups is 1. The molecule has 160 valence electrons. The van der Waals surface area contributed by atoms with Crippen LogP contribution in [0.5, 0.6) is 0 Å². The van der Waals surface area contributed by atoms with Crippen molar-refractivity contribution in [3.05, 3.63) is 29.8 Å². The Kier molecular flexibility index (Phi) is 10.2. The first kappa shape index (κ1) is 25.1. The van der Waals surface area contributed by atoms with Crippen LogP contribution in [0.15, 0.2) is 29.2 Å². The van der Waals surface area contributed by atoms with Gasteiger partial charge in [-0.3, -0.25) is 4.79 Å². The highest BCUT2D eigenvalue weighted by molar-refractivity contribution is 7.89. The van der Waals surface area contributed by atoms with Gasteiger partial charge in [0.2, 0.25) is 15.9 Å². The highest BCUT2D eigenvalue weighted by Crippen LogP contribution is 2.21.